The molecule has 0 aliphatic carbocycles. The van der Waals surface area contributed by atoms with E-state index in [0.29, 0.717) is 12.1 Å². The van der Waals surface area contributed by atoms with Gasteiger partial charge in [0.25, 0.3) is 0 Å². The number of hydrogen-bond acceptors (Lipinski definition) is 6. The van der Waals surface area contributed by atoms with E-state index >= 15 is 0 Å². The first-order valence-corrected chi connectivity index (χ1v) is 7.98. The zero-order valence-electron chi connectivity index (χ0n) is 11.1. The summed E-state index contributed by atoms with van der Waals surface area (Å²) in [6.45, 7) is 1.87. The average Bonchev–Trinajstić information content (AvgIpc) is 2.80. The van der Waals surface area contributed by atoms with Gasteiger partial charge in [0.1, 0.15) is 5.82 Å². The molecule has 0 saturated carbocycles. The van der Waals surface area contributed by atoms with Crippen LogP contribution in [0.25, 0.3) is 0 Å². The standard InChI is InChI=1S/C13H16N4OS2/c1-9-15-13(20-17-9)19-7-3-6-12(18)16-11-5-2-4-10(14)8-11/h2,4-5,8H,3,6-7,14H2,1H3,(H,16,18). The highest BCUT2D eigenvalue weighted by atomic mass is 32.2. The number of nitrogens with zero attached hydrogens (tertiary/aromatic N) is 2. The lowest BCUT2D eigenvalue weighted by molar-refractivity contribution is -0.116. The van der Waals surface area contributed by atoms with Gasteiger partial charge in [-0.25, -0.2) is 4.98 Å². The van der Waals surface area contributed by atoms with Gasteiger partial charge < -0.3 is 11.1 Å². The van der Waals surface area contributed by atoms with Crippen molar-refractivity contribution in [2.24, 2.45) is 0 Å². The zero-order chi connectivity index (χ0) is 14.4. The van der Waals surface area contributed by atoms with Gasteiger partial charge in [0, 0.05) is 23.5 Å². The Kier molecular flexibility index (Phi) is 5.37. The highest BCUT2D eigenvalue weighted by molar-refractivity contribution is 8.00. The van der Waals surface area contributed by atoms with Crippen molar-refractivity contribution < 1.29 is 4.79 Å². The highest BCUT2D eigenvalue weighted by Gasteiger charge is 2.04. The molecule has 0 atom stereocenters. The minimum atomic E-state index is 0.00430. The predicted octanol–water partition coefficient (Wildman–Crippen LogP) is 2.94. The molecule has 0 radical (unpaired) electrons. The Morgan fingerprint density at radius 2 is 2.35 bits per heavy atom. The fourth-order valence-corrected chi connectivity index (χ4v) is 3.23. The molecule has 3 N–H and O–H groups in total. The fraction of sp³-hybridized carbons (Fsp3) is 0.308. The van der Waals surface area contributed by atoms with Gasteiger partial charge in [-0.2, -0.15) is 4.37 Å². The third-order valence-electron chi connectivity index (χ3n) is 2.45. The van der Waals surface area contributed by atoms with E-state index in [-0.39, 0.29) is 5.91 Å². The Morgan fingerprint density at radius 3 is 3.05 bits per heavy atom. The summed E-state index contributed by atoms with van der Waals surface area (Å²) in [5, 5.41) is 2.83. The molecular weight excluding hydrogens is 292 g/mol. The molecule has 106 valence electrons. The normalized spacial score (nSPS) is 10.4. The number of nitrogens with two attached hydrogens (primary N) is 1. The smallest absolute Gasteiger partial charge is 0.224 e. The van der Waals surface area contributed by atoms with Crippen LogP contribution in [0.3, 0.4) is 0 Å². The van der Waals surface area contributed by atoms with Crippen molar-refractivity contribution in [3.05, 3.63) is 30.1 Å². The van der Waals surface area contributed by atoms with Crippen LogP contribution in [0.4, 0.5) is 11.4 Å². The fourth-order valence-electron chi connectivity index (χ4n) is 1.57. The first-order chi connectivity index (χ1) is 9.63. The molecule has 1 aromatic heterocycles. The summed E-state index contributed by atoms with van der Waals surface area (Å²) < 4.78 is 5.07. The Balaban J connectivity index is 1.67. The van der Waals surface area contributed by atoms with E-state index in [0.717, 1.165) is 28.0 Å². The van der Waals surface area contributed by atoms with Crippen molar-refractivity contribution in [2.75, 3.05) is 16.8 Å². The van der Waals surface area contributed by atoms with Crippen molar-refractivity contribution >= 4 is 40.6 Å². The summed E-state index contributed by atoms with van der Waals surface area (Å²) in [6.07, 6.45) is 1.29. The number of amides is 1. The summed E-state index contributed by atoms with van der Waals surface area (Å²) in [6, 6.07) is 7.18. The van der Waals surface area contributed by atoms with Gasteiger partial charge in [0.2, 0.25) is 5.91 Å². The summed E-state index contributed by atoms with van der Waals surface area (Å²) in [5.41, 5.74) is 7.04. The Bertz CT molecular complexity index is 585. The van der Waals surface area contributed by atoms with Crippen molar-refractivity contribution in [2.45, 2.75) is 24.1 Å². The van der Waals surface area contributed by atoms with Crippen LogP contribution in [0.1, 0.15) is 18.7 Å². The van der Waals surface area contributed by atoms with Crippen molar-refractivity contribution in [1.29, 1.82) is 0 Å². The van der Waals surface area contributed by atoms with Crippen molar-refractivity contribution in [1.82, 2.24) is 9.36 Å². The number of hydrogen-bond donors (Lipinski definition) is 2. The first kappa shape index (κ1) is 14.8. The molecule has 0 fully saturated rings. The highest BCUT2D eigenvalue weighted by Crippen LogP contribution is 2.21. The maximum Gasteiger partial charge on any atom is 0.224 e. The lowest BCUT2D eigenvalue weighted by Crippen LogP contribution is -2.11. The first-order valence-electron chi connectivity index (χ1n) is 6.22. The Labute approximate surface area is 126 Å². The number of aromatic nitrogens is 2. The number of nitrogen functional groups attached to an aromatic ring is 1. The Hall–Kier alpha value is -1.60. The van der Waals surface area contributed by atoms with Crippen LogP contribution in [0.2, 0.25) is 0 Å². The lowest BCUT2D eigenvalue weighted by Gasteiger charge is -2.05. The van der Waals surface area contributed by atoms with Gasteiger partial charge >= 0.3 is 0 Å². The molecule has 1 aromatic carbocycles. The number of aryl methyl sites for hydroxylation is 1. The van der Waals surface area contributed by atoms with Gasteiger partial charge in [-0.1, -0.05) is 17.8 Å². The van der Waals surface area contributed by atoms with Crippen LogP contribution < -0.4 is 11.1 Å². The second-order valence-electron chi connectivity index (χ2n) is 4.23. The van der Waals surface area contributed by atoms with Crippen LogP contribution >= 0.6 is 23.3 Å². The molecule has 20 heavy (non-hydrogen) atoms. The van der Waals surface area contributed by atoms with Gasteiger partial charge in [-0.15, -0.1) is 0 Å². The average molecular weight is 308 g/mol. The number of nitrogens with one attached hydrogen (secondary N) is 1. The van der Waals surface area contributed by atoms with Gasteiger partial charge in [0.05, 0.1) is 0 Å². The van der Waals surface area contributed by atoms with E-state index < -0.39 is 0 Å². The molecule has 0 aliphatic heterocycles. The zero-order valence-corrected chi connectivity index (χ0v) is 12.8. The molecule has 0 unspecified atom stereocenters. The number of rotatable bonds is 6. The maximum absolute atomic E-state index is 11.8. The van der Waals surface area contributed by atoms with E-state index in [1.165, 1.54) is 11.5 Å². The van der Waals surface area contributed by atoms with E-state index in [2.05, 4.69) is 14.7 Å². The van der Waals surface area contributed by atoms with Crippen LogP contribution in [-0.2, 0) is 4.79 Å². The van der Waals surface area contributed by atoms with E-state index in [1.807, 2.05) is 19.1 Å². The Morgan fingerprint density at radius 1 is 1.50 bits per heavy atom. The molecule has 2 aromatic rings. The largest absolute Gasteiger partial charge is 0.399 e. The molecule has 0 spiro atoms. The second kappa shape index (κ2) is 7.25. The van der Waals surface area contributed by atoms with Gasteiger partial charge in [-0.3, -0.25) is 4.79 Å². The molecule has 0 saturated heterocycles. The minimum absolute atomic E-state index is 0.00430. The number of benzene rings is 1. The van der Waals surface area contributed by atoms with Crippen LogP contribution in [0.15, 0.2) is 28.6 Å². The number of thioether (sulfide) groups is 1. The molecule has 1 amide bonds. The van der Waals surface area contributed by atoms with Gasteiger partial charge in [-0.05, 0) is 43.1 Å². The van der Waals surface area contributed by atoms with Crippen molar-refractivity contribution in [3.8, 4) is 0 Å². The lowest BCUT2D eigenvalue weighted by atomic mass is 10.2. The maximum atomic E-state index is 11.8. The molecule has 7 heteroatoms. The molecule has 0 aliphatic rings. The summed E-state index contributed by atoms with van der Waals surface area (Å²) >= 11 is 3.04. The topological polar surface area (TPSA) is 80.9 Å². The third kappa shape index (κ3) is 4.82. The van der Waals surface area contributed by atoms with E-state index in [9.17, 15) is 4.79 Å². The number of anilines is 2. The van der Waals surface area contributed by atoms with E-state index in [4.69, 9.17) is 5.73 Å². The van der Waals surface area contributed by atoms with Gasteiger partial charge in [0.15, 0.2) is 4.34 Å². The van der Waals surface area contributed by atoms with E-state index in [1.54, 1.807) is 23.9 Å². The number of carbonyl (C=O) groups excluding carboxylic acids is 1. The molecule has 1 heterocycles. The van der Waals surface area contributed by atoms with Crippen LogP contribution in [0.5, 0.6) is 0 Å². The molecule has 0 bridgehead atoms. The minimum Gasteiger partial charge on any atom is -0.399 e. The summed E-state index contributed by atoms with van der Waals surface area (Å²) in [7, 11) is 0. The third-order valence-corrected chi connectivity index (χ3v) is 4.46. The molecule has 5 nitrogen and oxygen atoms in total. The SMILES string of the molecule is Cc1nsc(SCCCC(=O)Nc2cccc(N)c2)n1. The summed E-state index contributed by atoms with van der Waals surface area (Å²) in [4.78, 5) is 16.0. The molecule has 2 rings (SSSR count). The van der Waals surface area contributed by atoms with Crippen LogP contribution in [-0.4, -0.2) is 21.0 Å². The van der Waals surface area contributed by atoms with Crippen molar-refractivity contribution in [3.63, 3.8) is 0 Å². The number of carbonyl (C=O) groups is 1. The second-order valence-corrected chi connectivity index (χ2v) is 6.33. The quantitative estimate of drug-likeness (QED) is 0.487. The summed E-state index contributed by atoms with van der Waals surface area (Å²) in [5.74, 6) is 1.67. The monoisotopic (exact) mass is 308 g/mol. The van der Waals surface area contributed by atoms with Crippen LogP contribution in [0, 0.1) is 6.92 Å². The predicted molar refractivity (Wildman–Crippen MR) is 84.1 cm³/mol. The molecular formula is C13H16N4OS2.